The number of pyridine rings is 1. The molecule has 1 aromatic heterocycles. The highest BCUT2D eigenvalue weighted by Gasteiger charge is 2.33. The first kappa shape index (κ1) is 28.3. The largest absolute Gasteiger partial charge is 0.435 e. The molecule has 7 nitrogen and oxygen atoms in total. The van der Waals surface area contributed by atoms with E-state index in [0.717, 1.165) is 18.2 Å². The van der Waals surface area contributed by atoms with E-state index in [1.807, 2.05) is 0 Å². The molecule has 2 heterocycles. The van der Waals surface area contributed by atoms with Gasteiger partial charge in [-0.25, -0.2) is 9.18 Å². The Morgan fingerprint density at radius 2 is 1.95 bits per heavy atom. The molecule has 1 saturated heterocycles. The van der Waals surface area contributed by atoms with Gasteiger partial charge in [0.2, 0.25) is 0 Å². The maximum Gasteiger partial charge on any atom is 0.416 e. The Morgan fingerprint density at radius 3 is 2.62 bits per heavy atom. The third kappa shape index (κ3) is 6.85. The quantitative estimate of drug-likeness (QED) is 0.378. The van der Waals surface area contributed by atoms with E-state index in [0.29, 0.717) is 25.2 Å². The number of ether oxygens (including phenoxy) is 1. The summed E-state index contributed by atoms with van der Waals surface area (Å²) in [6.07, 6.45) is -6.16. The average Bonchev–Trinajstić information content (AvgIpc) is 3.40. The molecular weight excluding hydrogens is 540 g/mol. The zero-order valence-electron chi connectivity index (χ0n) is 21.0. The molecule has 2 N–H and O–H groups in total. The second-order valence-corrected chi connectivity index (χ2v) is 9.53. The number of carbonyl (C=O) groups is 2. The van der Waals surface area contributed by atoms with Crippen LogP contribution >= 0.6 is 11.6 Å². The Kier molecular flexibility index (Phi) is 8.41. The van der Waals surface area contributed by atoms with Crippen molar-refractivity contribution in [2.45, 2.75) is 31.7 Å². The van der Waals surface area contributed by atoms with Crippen LogP contribution in [-0.4, -0.2) is 43.2 Å². The van der Waals surface area contributed by atoms with Crippen molar-refractivity contribution in [2.75, 3.05) is 25.0 Å². The van der Waals surface area contributed by atoms with Gasteiger partial charge < -0.3 is 20.3 Å². The molecule has 4 rings (SSSR count). The molecule has 0 saturated carbocycles. The fraction of sp³-hybridized carbons (Fsp3) is 0.296. The maximum absolute atomic E-state index is 13.6. The number of benzene rings is 2. The summed E-state index contributed by atoms with van der Waals surface area (Å²) < 4.78 is 60.0. The van der Waals surface area contributed by atoms with Crippen LogP contribution in [0.4, 0.5) is 28.0 Å². The fourth-order valence-electron chi connectivity index (χ4n) is 4.22. The molecule has 0 spiro atoms. The Bertz CT molecular complexity index is 1380. The highest BCUT2D eigenvalue weighted by molar-refractivity contribution is 6.31. The summed E-state index contributed by atoms with van der Waals surface area (Å²) in [6, 6.07) is 11.3. The van der Waals surface area contributed by atoms with E-state index in [4.69, 9.17) is 16.3 Å². The number of nitrogens with one attached hydrogen (secondary N) is 2. The Balaban J connectivity index is 1.69. The minimum absolute atomic E-state index is 0.0778. The SMILES string of the molecule is Cc1cc(C(F)(F)F)cc(C(OC(=O)NC2CCNC2)c2cccc(C(=O)N(C)c3ccc(F)c(Cl)c3)c2)n1. The molecule has 1 aliphatic heterocycles. The van der Waals surface area contributed by atoms with Crippen LogP contribution in [0.1, 0.15) is 45.4 Å². The lowest BCUT2D eigenvalue weighted by Crippen LogP contribution is -2.37. The number of amides is 2. The fourth-order valence-corrected chi connectivity index (χ4v) is 4.39. The topological polar surface area (TPSA) is 83.6 Å². The molecule has 3 aromatic rings. The summed E-state index contributed by atoms with van der Waals surface area (Å²) in [4.78, 5) is 31.5. The van der Waals surface area contributed by atoms with Gasteiger partial charge in [-0.1, -0.05) is 23.7 Å². The van der Waals surface area contributed by atoms with Crippen molar-refractivity contribution in [1.29, 1.82) is 0 Å². The van der Waals surface area contributed by atoms with Gasteiger partial charge in [-0.15, -0.1) is 0 Å². The van der Waals surface area contributed by atoms with Crippen molar-refractivity contribution < 1.29 is 31.9 Å². The molecule has 1 fully saturated rings. The second kappa shape index (κ2) is 11.6. The molecule has 12 heteroatoms. The smallest absolute Gasteiger partial charge is 0.416 e. The van der Waals surface area contributed by atoms with Crippen molar-refractivity contribution in [3.8, 4) is 0 Å². The Morgan fingerprint density at radius 1 is 1.18 bits per heavy atom. The summed E-state index contributed by atoms with van der Waals surface area (Å²) in [5, 5.41) is 5.64. The lowest BCUT2D eigenvalue weighted by atomic mass is 10.0. The lowest BCUT2D eigenvalue weighted by Gasteiger charge is -2.22. The molecule has 206 valence electrons. The van der Waals surface area contributed by atoms with Crippen molar-refractivity contribution in [3.63, 3.8) is 0 Å². The Labute approximate surface area is 227 Å². The van der Waals surface area contributed by atoms with Gasteiger partial charge in [-0.3, -0.25) is 9.78 Å². The van der Waals surface area contributed by atoms with Gasteiger partial charge in [-0.2, -0.15) is 13.2 Å². The van der Waals surface area contributed by atoms with E-state index in [2.05, 4.69) is 15.6 Å². The maximum atomic E-state index is 13.6. The zero-order chi connectivity index (χ0) is 28.3. The van der Waals surface area contributed by atoms with Crippen molar-refractivity contribution >= 4 is 29.3 Å². The van der Waals surface area contributed by atoms with E-state index >= 15 is 0 Å². The number of hydrogen-bond donors (Lipinski definition) is 2. The van der Waals surface area contributed by atoms with Crippen molar-refractivity contribution in [3.05, 3.63) is 93.5 Å². The van der Waals surface area contributed by atoms with Gasteiger partial charge in [-0.05, 0) is 67.9 Å². The van der Waals surface area contributed by atoms with Crippen LogP contribution in [0, 0.1) is 12.7 Å². The molecule has 2 atom stereocenters. The van der Waals surface area contributed by atoms with Crippen molar-refractivity contribution in [2.24, 2.45) is 0 Å². The minimum Gasteiger partial charge on any atom is -0.435 e. The first-order chi connectivity index (χ1) is 18.4. The third-order valence-electron chi connectivity index (χ3n) is 6.21. The van der Waals surface area contributed by atoms with Gasteiger partial charge in [0.1, 0.15) is 5.82 Å². The highest BCUT2D eigenvalue weighted by Crippen LogP contribution is 2.34. The number of anilines is 1. The predicted molar refractivity (Wildman–Crippen MR) is 137 cm³/mol. The van der Waals surface area contributed by atoms with E-state index in [-0.39, 0.29) is 33.6 Å². The molecule has 0 radical (unpaired) electrons. The van der Waals surface area contributed by atoms with Crippen molar-refractivity contribution in [1.82, 2.24) is 15.6 Å². The molecule has 2 amide bonds. The lowest BCUT2D eigenvalue weighted by molar-refractivity contribution is -0.137. The molecule has 0 bridgehead atoms. The molecular formula is C27H25ClF4N4O3. The summed E-state index contributed by atoms with van der Waals surface area (Å²) in [6.45, 7) is 2.65. The van der Waals surface area contributed by atoms with Crippen LogP contribution in [0.3, 0.4) is 0 Å². The number of aromatic nitrogens is 1. The number of aryl methyl sites for hydroxylation is 1. The molecule has 39 heavy (non-hydrogen) atoms. The van der Waals surface area contributed by atoms with Gasteiger partial charge >= 0.3 is 12.3 Å². The van der Waals surface area contributed by atoms with Crippen LogP contribution in [0.2, 0.25) is 5.02 Å². The van der Waals surface area contributed by atoms with Gasteiger partial charge in [0.05, 0.1) is 16.3 Å². The normalized spacial score (nSPS) is 16.0. The van der Waals surface area contributed by atoms with Gasteiger partial charge in [0.15, 0.2) is 6.10 Å². The van der Waals surface area contributed by atoms with Crippen LogP contribution in [0.5, 0.6) is 0 Å². The van der Waals surface area contributed by atoms with Gasteiger partial charge in [0, 0.05) is 36.6 Å². The molecule has 2 unspecified atom stereocenters. The summed E-state index contributed by atoms with van der Waals surface area (Å²) in [5.74, 6) is -1.15. The second-order valence-electron chi connectivity index (χ2n) is 9.13. The number of hydrogen-bond acceptors (Lipinski definition) is 5. The number of nitrogens with zero attached hydrogens (tertiary/aromatic N) is 2. The molecule has 0 aliphatic carbocycles. The molecule has 1 aliphatic rings. The number of alkyl carbamates (subject to hydrolysis) is 1. The van der Waals surface area contributed by atoms with Crippen LogP contribution in [0.25, 0.3) is 0 Å². The van der Waals surface area contributed by atoms with Crippen LogP contribution in [0.15, 0.2) is 54.6 Å². The van der Waals surface area contributed by atoms with Crippen LogP contribution < -0.4 is 15.5 Å². The zero-order valence-corrected chi connectivity index (χ0v) is 21.7. The molecule has 2 aromatic carbocycles. The monoisotopic (exact) mass is 564 g/mol. The van der Waals surface area contributed by atoms with E-state index < -0.39 is 35.7 Å². The van der Waals surface area contributed by atoms with Gasteiger partial charge in [0.25, 0.3) is 5.91 Å². The van der Waals surface area contributed by atoms with E-state index in [1.165, 1.54) is 55.3 Å². The summed E-state index contributed by atoms with van der Waals surface area (Å²) in [7, 11) is 1.47. The number of rotatable bonds is 6. The first-order valence-corrected chi connectivity index (χ1v) is 12.4. The predicted octanol–water partition coefficient (Wildman–Crippen LogP) is 5.66. The van der Waals surface area contributed by atoms with E-state index in [9.17, 15) is 27.2 Å². The average molecular weight is 565 g/mol. The van der Waals surface area contributed by atoms with E-state index in [1.54, 1.807) is 0 Å². The summed E-state index contributed by atoms with van der Waals surface area (Å²) in [5.41, 5.74) is -0.312. The summed E-state index contributed by atoms with van der Waals surface area (Å²) >= 11 is 5.85. The number of halogens is 5. The third-order valence-corrected chi connectivity index (χ3v) is 6.50. The highest BCUT2D eigenvalue weighted by atomic mass is 35.5. The standard InChI is InChI=1S/C27H25ClF4N4O3/c1-15-10-18(27(30,31)32)12-23(34-15)24(39-26(38)35-19-8-9-33-14-19)16-4-3-5-17(11-16)25(37)36(2)20-6-7-22(29)21(28)13-20/h3-7,10-13,19,24,33H,8-9,14H2,1-2H3,(H,35,38). The number of alkyl halides is 3. The minimum atomic E-state index is -4.65. The Hall–Kier alpha value is -3.70. The van der Waals surface area contributed by atoms with Crippen LogP contribution in [-0.2, 0) is 10.9 Å². The number of carbonyl (C=O) groups excluding carboxylic acids is 2. The first-order valence-electron chi connectivity index (χ1n) is 12.0.